The zero-order chi connectivity index (χ0) is 13.2. The Kier molecular flexibility index (Phi) is 4.08. The number of carbonyl (C=O) groups excluding carboxylic acids is 1. The third-order valence-corrected chi connectivity index (χ3v) is 5.00. The van der Waals surface area contributed by atoms with Crippen LogP contribution in [0.1, 0.15) is 39.0 Å². The van der Waals surface area contributed by atoms with Gasteiger partial charge in [0, 0.05) is 38.8 Å². The van der Waals surface area contributed by atoms with E-state index >= 15 is 0 Å². The maximum absolute atomic E-state index is 12.0. The molecule has 3 rings (SSSR count). The second kappa shape index (κ2) is 5.80. The van der Waals surface area contributed by atoms with Crippen molar-refractivity contribution in [2.24, 2.45) is 5.92 Å². The van der Waals surface area contributed by atoms with Gasteiger partial charge in [0.05, 0.1) is 6.04 Å². The summed E-state index contributed by atoms with van der Waals surface area (Å²) in [6.45, 7) is 7.71. The Morgan fingerprint density at radius 1 is 1.16 bits per heavy atom. The van der Waals surface area contributed by atoms with Crippen molar-refractivity contribution < 1.29 is 4.79 Å². The summed E-state index contributed by atoms with van der Waals surface area (Å²) in [6.07, 6.45) is 6.64. The van der Waals surface area contributed by atoms with Gasteiger partial charge in [-0.15, -0.1) is 0 Å². The Bertz CT molecular complexity index is 317. The molecule has 1 amide bonds. The molecule has 1 saturated heterocycles. The van der Waals surface area contributed by atoms with Gasteiger partial charge in [-0.3, -0.25) is 9.69 Å². The SMILES string of the molecule is C[C@H](C(=O)NC1CC1)N1CCN(CC2CCC2)CC1. The minimum absolute atomic E-state index is 0.0476. The van der Waals surface area contributed by atoms with E-state index in [2.05, 4.69) is 22.0 Å². The molecule has 0 aromatic heterocycles. The van der Waals surface area contributed by atoms with Crippen LogP contribution in [0.15, 0.2) is 0 Å². The first-order valence-electron chi connectivity index (χ1n) is 7.99. The number of carbonyl (C=O) groups is 1. The third kappa shape index (κ3) is 3.48. The van der Waals surface area contributed by atoms with Crippen LogP contribution in [0, 0.1) is 5.92 Å². The third-order valence-electron chi connectivity index (χ3n) is 5.00. The van der Waals surface area contributed by atoms with Crippen LogP contribution < -0.4 is 5.32 Å². The number of rotatable bonds is 5. The fraction of sp³-hybridized carbons (Fsp3) is 0.933. The van der Waals surface area contributed by atoms with Gasteiger partial charge in [-0.05, 0) is 38.5 Å². The molecule has 4 nitrogen and oxygen atoms in total. The molecule has 1 atom stereocenters. The maximum atomic E-state index is 12.0. The molecule has 3 aliphatic rings. The lowest BCUT2D eigenvalue weighted by Crippen LogP contribution is -2.54. The first-order valence-corrected chi connectivity index (χ1v) is 7.99. The predicted octanol–water partition coefficient (Wildman–Crippen LogP) is 1.07. The van der Waals surface area contributed by atoms with Gasteiger partial charge >= 0.3 is 0 Å². The minimum Gasteiger partial charge on any atom is -0.352 e. The van der Waals surface area contributed by atoms with E-state index in [4.69, 9.17) is 0 Å². The van der Waals surface area contributed by atoms with Crippen LogP contribution in [0.3, 0.4) is 0 Å². The molecule has 1 N–H and O–H groups in total. The summed E-state index contributed by atoms with van der Waals surface area (Å²) in [6, 6.07) is 0.529. The number of amides is 1. The van der Waals surface area contributed by atoms with Crippen LogP contribution in [-0.2, 0) is 4.79 Å². The van der Waals surface area contributed by atoms with Gasteiger partial charge in [-0.25, -0.2) is 0 Å². The van der Waals surface area contributed by atoms with Crippen molar-refractivity contribution in [3.05, 3.63) is 0 Å². The van der Waals surface area contributed by atoms with E-state index in [1.54, 1.807) is 0 Å². The molecule has 0 unspecified atom stereocenters. The predicted molar refractivity (Wildman–Crippen MR) is 76.0 cm³/mol. The Morgan fingerprint density at radius 2 is 1.84 bits per heavy atom. The summed E-state index contributed by atoms with van der Waals surface area (Å²) in [5.74, 6) is 1.19. The smallest absolute Gasteiger partial charge is 0.237 e. The monoisotopic (exact) mass is 265 g/mol. The molecular formula is C15H27N3O. The van der Waals surface area contributed by atoms with Crippen molar-refractivity contribution in [3.8, 4) is 0 Å². The van der Waals surface area contributed by atoms with Gasteiger partial charge in [-0.2, -0.15) is 0 Å². The van der Waals surface area contributed by atoms with E-state index in [1.165, 1.54) is 38.6 Å². The Balaban J connectivity index is 1.39. The molecule has 0 spiro atoms. The summed E-state index contributed by atoms with van der Waals surface area (Å²) in [4.78, 5) is 17.0. The van der Waals surface area contributed by atoms with Crippen LogP contribution in [0.2, 0.25) is 0 Å². The Hall–Kier alpha value is -0.610. The first-order chi connectivity index (χ1) is 9.22. The van der Waals surface area contributed by atoms with Crippen molar-refractivity contribution in [1.29, 1.82) is 0 Å². The van der Waals surface area contributed by atoms with Crippen molar-refractivity contribution in [2.45, 2.75) is 51.1 Å². The highest BCUT2D eigenvalue weighted by atomic mass is 16.2. The molecule has 3 fully saturated rings. The van der Waals surface area contributed by atoms with E-state index in [1.807, 2.05) is 0 Å². The van der Waals surface area contributed by atoms with Gasteiger partial charge in [0.2, 0.25) is 5.91 Å². The van der Waals surface area contributed by atoms with Crippen LogP contribution in [-0.4, -0.2) is 60.5 Å². The number of hydrogen-bond acceptors (Lipinski definition) is 3. The highest BCUT2D eigenvalue weighted by molar-refractivity contribution is 5.81. The average molecular weight is 265 g/mol. The van der Waals surface area contributed by atoms with Gasteiger partial charge in [0.25, 0.3) is 0 Å². The van der Waals surface area contributed by atoms with Gasteiger partial charge < -0.3 is 10.2 Å². The fourth-order valence-corrected chi connectivity index (χ4v) is 3.09. The molecule has 0 aromatic carbocycles. The van der Waals surface area contributed by atoms with E-state index in [-0.39, 0.29) is 11.9 Å². The fourth-order valence-electron chi connectivity index (χ4n) is 3.09. The topological polar surface area (TPSA) is 35.6 Å². The number of piperazine rings is 1. The highest BCUT2D eigenvalue weighted by Gasteiger charge is 2.30. The molecule has 19 heavy (non-hydrogen) atoms. The zero-order valence-electron chi connectivity index (χ0n) is 12.1. The second-order valence-corrected chi connectivity index (χ2v) is 6.59. The molecule has 4 heteroatoms. The molecule has 0 bridgehead atoms. The molecule has 0 aromatic rings. The molecule has 1 aliphatic heterocycles. The van der Waals surface area contributed by atoms with E-state index in [0.717, 1.165) is 32.1 Å². The maximum Gasteiger partial charge on any atom is 0.237 e. The van der Waals surface area contributed by atoms with Crippen molar-refractivity contribution in [1.82, 2.24) is 15.1 Å². The van der Waals surface area contributed by atoms with Crippen LogP contribution >= 0.6 is 0 Å². The quantitative estimate of drug-likeness (QED) is 0.808. The normalized spacial score (nSPS) is 27.8. The number of hydrogen-bond donors (Lipinski definition) is 1. The van der Waals surface area contributed by atoms with Crippen LogP contribution in [0.5, 0.6) is 0 Å². The molecule has 108 valence electrons. The van der Waals surface area contributed by atoms with Gasteiger partial charge in [0.1, 0.15) is 0 Å². The molecule has 2 saturated carbocycles. The van der Waals surface area contributed by atoms with E-state index < -0.39 is 0 Å². The average Bonchev–Trinajstić information content (AvgIpc) is 3.17. The van der Waals surface area contributed by atoms with Crippen molar-refractivity contribution >= 4 is 5.91 Å². The van der Waals surface area contributed by atoms with E-state index in [9.17, 15) is 4.79 Å². The zero-order valence-corrected chi connectivity index (χ0v) is 12.1. The lowest BCUT2D eigenvalue weighted by atomic mass is 9.85. The summed E-state index contributed by atoms with van der Waals surface area (Å²) < 4.78 is 0. The van der Waals surface area contributed by atoms with Crippen molar-refractivity contribution in [2.75, 3.05) is 32.7 Å². The summed E-state index contributed by atoms with van der Waals surface area (Å²) in [5, 5.41) is 3.12. The molecular weight excluding hydrogens is 238 g/mol. The number of nitrogens with one attached hydrogen (secondary N) is 1. The van der Waals surface area contributed by atoms with Crippen LogP contribution in [0.25, 0.3) is 0 Å². The summed E-state index contributed by atoms with van der Waals surface area (Å²) >= 11 is 0. The van der Waals surface area contributed by atoms with E-state index in [0.29, 0.717) is 6.04 Å². The largest absolute Gasteiger partial charge is 0.352 e. The van der Waals surface area contributed by atoms with Crippen molar-refractivity contribution in [3.63, 3.8) is 0 Å². The number of nitrogens with zero attached hydrogens (tertiary/aromatic N) is 2. The van der Waals surface area contributed by atoms with Gasteiger partial charge in [0.15, 0.2) is 0 Å². The lowest BCUT2D eigenvalue weighted by molar-refractivity contribution is -0.126. The highest BCUT2D eigenvalue weighted by Crippen LogP contribution is 2.27. The molecule has 2 aliphatic carbocycles. The lowest BCUT2D eigenvalue weighted by Gasteiger charge is -2.40. The molecule has 0 radical (unpaired) electrons. The standard InChI is InChI=1S/C15H27N3O/c1-12(15(19)16-14-5-6-14)18-9-7-17(8-10-18)11-13-3-2-4-13/h12-14H,2-11H2,1H3,(H,16,19)/t12-/m1/s1. The Labute approximate surface area is 116 Å². The molecule has 1 heterocycles. The second-order valence-electron chi connectivity index (χ2n) is 6.59. The summed E-state index contributed by atoms with van der Waals surface area (Å²) in [5.41, 5.74) is 0. The first kappa shape index (κ1) is 13.4. The minimum atomic E-state index is 0.0476. The Morgan fingerprint density at radius 3 is 2.37 bits per heavy atom. The van der Waals surface area contributed by atoms with Crippen LogP contribution in [0.4, 0.5) is 0 Å². The van der Waals surface area contributed by atoms with Gasteiger partial charge in [-0.1, -0.05) is 6.42 Å². The summed E-state index contributed by atoms with van der Waals surface area (Å²) in [7, 11) is 0.